The van der Waals surface area contributed by atoms with E-state index in [2.05, 4.69) is 5.32 Å². The number of carbonyl (C=O) groups is 2. The molecule has 0 atom stereocenters. The van der Waals surface area contributed by atoms with E-state index < -0.39 is 5.82 Å². The van der Waals surface area contributed by atoms with Crippen LogP contribution >= 0.6 is 0 Å². The van der Waals surface area contributed by atoms with Crippen LogP contribution in [0.1, 0.15) is 30.6 Å². The van der Waals surface area contributed by atoms with Gasteiger partial charge in [0.05, 0.1) is 5.56 Å². The Morgan fingerprint density at radius 2 is 2.00 bits per heavy atom. The minimum Gasteiger partial charge on any atom is -0.350 e. The Bertz CT molecular complexity index is 581. The number of amides is 2. The van der Waals surface area contributed by atoms with Crippen LogP contribution in [0.3, 0.4) is 0 Å². The number of rotatable bonds is 3. The second-order valence-corrected chi connectivity index (χ2v) is 5.34. The summed E-state index contributed by atoms with van der Waals surface area (Å²) in [5, 5.41) is 2.83. The smallest absolute Gasteiger partial charge is 0.257 e. The summed E-state index contributed by atoms with van der Waals surface area (Å²) >= 11 is 0. The van der Waals surface area contributed by atoms with Crippen LogP contribution in [-0.4, -0.2) is 35.8 Å². The summed E-state index contributed by atoms with van der Waals surface area (Å²) in [4.78, 5) is 25.6. The summed E-state index contributed by atoms with van der Waals surface area (Å²) < 4.78 is 13.6. The van der Waals surface area contributed by atoms with Crippen LogP contribution in [0.2, 0.25) is 0 Å². The Hall–Kier alpha value is -2.17. The van der Waals surface area contributed by atoms with E-state index in [1.54, 1.807) is 23.1 Å². The SMILES string of the molecule is CC(C)NC(=O)C1=CCN(C(=O)c2ccccc2F)CC1. The highest BCUT2D eigenvalue weighted by molar-refractivity contribution is 5.96. The molecule has 2 rings (SSSR count). The summed E-state index contributed by atoms with van der Waals surface area (Å²) in [7, 11) is 0. The third kappa shape index (κ3) is 3.68. The number of halogens is 1. The quantitative estimate of drug-likeness (QED) is 0.927. The van der Waals surface area contributed by atoms with Gasteiger partial charge >= 0.3 is 0 Å². The molecule has 0 aromatic heterocycles. The fourth-order valence-corrected chi connectivity index (χ4v) is 2.22. The predicted octanol–water partition coefficient (Wildman–Crippen LogP) is 2.12. The lowest BCUT2D eigenvalue weighted by atomic mass is 10.1. The predicted molar refractivity (Wildman–Crippen MR) is 78.3 cm³/mol. The Labute approximate surface area is 123 Å². The molecule has 1 aromatic rings. The van der Waals surface area contributed by atoms with Crippen molar-refractivity contribution in [1.29, 1.82) is 0 Å². The van der Waals surface area contributed by atoms with Crippen molar-refractivity contribution in [1.82, 2.24) is 10.2 Å². The first kappa shape index (κ1) is 15.2. The van der Waals surface area contributed by atoms with Gasteiger partial charge in [-0.05, 0) is 32.4 Å². The van der Waals surface area contributed by atoms with Crippen molar-refractivity contribution < 1.29 is 14.0 Å². The van der Waals surface area contributed by atoms with E-state index in [1.165, 1.54) is 12.1 Å². The monoisotopic (exact) mass is 290 g/mol. The zero-order chi connectivity index (χ0) is 15.4. The molecule has 1 aromatic carbocycles. The first-order valence-electron chi connectivity index (χ1n) is 7.02. The molecule has 0 unspecified atom stereocenters. The van der Waals surface area contributed by atoms with Gasteiger partial charge in [-0.1, -0.05) is 18.2 Å². The molecule has 0 fully saturated rings. The van der Waals surface area contributed by atoms with E-state index in [0.717, 1.165) is 0 Å². The third-order valence-electron chi connectivity index (χ3n) is 3.31. The molecule has 0 bridgehead atoms. The van der Waals surface area contributed by atoms with Gasteiger partial charge in [0, 0.05) is 24.7 Å². The zero-order valence-corrected chi connectivity index (χ0v) is 12.2. The Kier molecular flexibility index (Phi) is 4.73. The number of nitrogens with zero attached hydrogens (tertiary/aromatic N) is 1. The molecule has 0 radical (unpaired) electrons. The molecule has 0 spiro atoms. The number of hydrogen-bond acceptors (Lipinski definition) is 2. The van der Waals surface area contributed by atoms with Crippen LogP contribution in [0.25, 0.3) is 0 Å². The van der Waals surface area contributed by atoms with Gasteiger partial charge in [0.2, 0.25) is 5.91 Å². The zero-order valence-electron chi connectivity index (χ0n) is 12.2. The molecule has 1 aliphatic rings. The number of benzene rings is 1. The summed E-state index contributed by atoms with van der Waals surface area (Å²) in [6, 6.07) is 6.02. The topological polar surface area (TPSA) is 49.4 Å². The van der Waals surface area contributed by atoms with Gasteiger partial charge in [-0.15, -0.1) is 0 Å². The number of hydrogen-bond donors (Lipinski definition) is 1. The molecule has 1 heterocycles. The fourth-order valence-electron chi connectivity index (χ4n) is 2.22. The van der Waals surface area contributed by atoms with Gasteiger partial charge in [0.1, 0.15) is 5.82 Å². The Morgan fingerprint density at radius 3 is 2.57 bits per heavy atom. The van der Waals surface area contributed by atoms with Crippen molar-refractivity contribution in [3.63, 3.8) is 0 Å². The van der Waals surface area contributed by atoms with Gasteiger partial charge in [-0.2, -0.15) is 0 Å². The fraction of sp³-hybridized carbons (Fsp3) is 0.375. The molecule has 0 aliphatic carbocycles. The van der Waals surface area contributed by atoms with E-state index in [1.807, 2.05) is 13.8 Å². The minimum absolute atomic E-state index is 0.0704. The van der Waals surface area contributed by atoms with Crippen LogP contribution in [-0.2, 0) is 4.79 Å². The van der Waals surface area contributed by atoms with Gasteiger partial charge in [-0.25, -0.2) is 4.39 Å². The van der Waals surface area contributed by atoms with Gasteiger partial charge in [0.25, 0.3) is 5.91 Å². The Balaban J connectivity index is 2.03. The van der Waals surface area contributed by atoms with Gasteiger partial charge in [0.15, 0.2) is 0 Å². The maximum atomic E-state index is 13.6. The van der Waals surface area contributed by atoms with Crippen molar-refractivity contribution in [2.24, 2.45) is 0 Å². The lowest BCUT2D eigenvalue weighted by Gasteiger charge is -2.26. The Morgan fingerprint density at radius 1 is 1.29 bits per heavy atom. The van der Waals surface area contributed by atoms with Crippen molar-refractivity contribution in [3.8, 4) is 0 Å². The maximum Gasteiger partial charge on any atom is 0.257 e. The second-order valence-electron chi connectivity index (χ2n) is 5.34. The van der Waals surface area contributed by atoms with Crippen molar-refractivity contribution in [3.05, 3.63) is 47.3 Å². The molecule has 0 saturated heterocycles. The highest BCUT2D eigenvalue weighted by Gasteiger charge is 2.23. The first-order valence-corrected chi connectivity index (χ1v) is 7.02. The van der Waals surface area contributed by atoms with Crippen molar-refractivity contribution >= 4 is 11.8 Å². The highest BCUT2D eigenvalue weighted by atomic mass is 19.1. The molecular formula is C16H19FN2O2. The lowest BCUT2D eigenvalue weighted by Crippen LogP contribution is -2.39. The van der Waals surface area contributed by atoms with E-state index in [0.29, 0.717) is 25.1 Å². The van der Waals surface area contributed by atoms with E-state index in [-0.39, 0.29) is 23.4 Å². The molecule has 21 heavy (non-hydrogen) atoms. The van der Waals surface area contributed by atoms with Crippen LogP contribution in [0.4, 0.5) is 4.39 Å². The molecule has 0 saturated carbocycles. The van der Waals surface area contributed by atoms with Crippen LogP contribution in [0, 0.1) is 5.82 Å². The van der Waals surface area contributed by atoms with E-state index >= 15 is 0 Å². The lowest BCUT2D eigenvalue weighted by molar-refractivity contribution is -0.118. The van der Waals surface area contributed by atoms with Crippen molar-refractivity contribution in [2.75, 3.05) is 13.1 Å². The summed E-state index contributed by atoms with van der Waals surface area (Å²) in [5.41, 5.74) is 0.752. The molecule has 1 aliphatic heterocycles. The van der Waals surface area contributed by atoms with E-state index in [4.69, 9.17) is 0 Å². The normalized spacial score (nSPS) is 14.9. The molecule has 5 heteroatoms. The van der Waals surface area contributed by atoms with E-state index in [9.17, 15) is 14.0 Å². The van der Waals surface area contributed by atoms with Crippen molar-refractivity contribution in [2.45, 2.75) is 26.3 Å². The van der Waals surface area contributed by atoms with Gasteiger partial charge < -0.3 is 10.2 Å². The van der Waals surface area contributed by atoms with Crippen LogP contribution < -0.4 is 5.32 Å². The molecule has 4 nitrogen and oxygen atoms in total. The van der Waals surface area contributed by atoms with Gasteiger partial charge in [-0.3, -0.25) is 9.59 Å². The minimum atomic E-state index is -0.519. The largest absolute Gasteiger partial charge is 0.350 e. The third-order valence-corrected chi connectivity index (χ3v) is 3.31. The standard InChI is InChI=1S/C16H19FN2O2/c1-11(2)18-15(20)12-7-9-19(10-8-12)16(21)13-5-3-4-6-14(13)17/h3-7,11H,8-10H2,1-2H3,(H,18,20). The average Bonchev–Trinajstić information content (AvgIpc) is 2.46. The molecule has 112 valence electrons. The number of nitrogens with one attached hydrogen (secondary N) is 1. The van der Waals surface area contributed by atoms with Crippen LogP contribution in [0.5, 0.6) is 0 Å². The second kappa shape index (κ2) is 6.52. The van der Waals surface area contributed by atoms with Crippen LogP contribution in [0.15, 0.2) is 35.9 Å². The summed E-state index contributed by atoms with van der Waals surface area (Å²) in [6.45, 7) is 4.54. The average molecular weight is 290 g/mol. The summed E-state index contributed by atoms with van der Waals surface area (Å²) in [6.07, 6.45) is 2.22. The molecule has 2 amide bonds. The molecule has 1 N–H and O–H groups in total. The molecular weight excluding hydrogens is 271 g/mol. The summed E-state index contributed by atoms with van der Waals surface area (Å²) in [5.74, 6) is -0.953. The number of carbonyl (C=O) groups excluding carboxylic acids is 2. The maximum absolute atomic E-state index is 13.6. The highest BCUT2D eigenvalue weighted by Crippen LogP contribution is 2.16. The first-order chi connectivity index (χ1) is 9.99.